The maximum absolute atomic E-state index is 12.8. The van der Waals surface area contributed by atoms with E-state index < -0.39 is 11.6 Å². The maximum Gasteiger partial charge on any atom is 0.325 e. The molecule has 2 heterocycles. The minimum Gasteiger partial charge on any atom is -0.505 e. The number of nitrogens with one attached hydrogen (secondary N) is 1. The minimum atomic E-state index is -0.986. The highest BCUT2D eigenvalue weighted by molar-refractivity contribution is 6.06. The molecular weight excluding hydrogens is 430 g/mol. The van der Waals surface area contributed by atoms with Crippen molar-refractivity contribution < 1.29 is 14.7 Å². The topological polar surface area (TPSA) is 100 Å². The van der Waals surface area contributed by atoms with E-state index in [4.69, 9.17) is 0 Å². The second-order valence-electron chi connectivity index (χ2n) is 11.5. The van der Waals surface area contributed by atoms with E-state index in [-0.39, 0.29) is 29.0 Å². The third-order valence-electron chi connectivity index (χ3n) is 6.20. The number of hydrogen-bond donors (Lipinski definition) is 2. The van der Waals surface area contributed by atoms with Crippen LogP contribution in [-0.2, 0) is 16.8 Å². The van der Waals surface area contributed by atoms with Gasteiger partial charge in [-0.25, -0.2) is 4.79 Å². The Balaban J connectivity index is 1.86. The van der Waals surface area contributed by atoms with Gasteiger partial charge in [-0.15, -0.1) is 15.0 Å². The fourth-order valence-corrected chi connectivity index (χ4v) is 4.87. The Morgan fingerprint density at radius 1 is 1.00 bits per heavy atom. The number of hydrogen-bond acceptors (Lipinski definition) is 5. The predicted molar refractivity (Wildman–Crippen MR) is 131 cm³/mol. The Morgan fingerprint density at radius 2 is 1.59 bits per heavy atom. The molecule has 0 atom stereocenters. The molecule has 1 fully saturated rings. The van der Waals surface area contributed by atoms with Crippen molar-refractivity contribution in [3.8, 4) is 11.4 Å². The van der Waals surface area contributed by atoms with Gasteiger partial charge in [0, 0.05) is 5.56 Å². The van der Waals surface area contributed by atoms with Gasteiger partial charge >= 0.3 is 6.03 Å². The molecule has 2 N–H and O–H groups in total. The zero-order valence-corrected chi connectivity index (χ0v) is 20.9. The summed E-state index contributed by atoms with van der Waals surface area (Å²) < 4.78 is 0. The highest BCUT2D eigenvalue weighted by Crippen LogP contribution is 2.40. The van der Waals surface area contributed by atoms with Crippen LogP contribution in [0.1, 0.15) is 66.0 Å². The number of aromatic nitrogens is 3. The van der Waals surface area contributed by atoms with Crippen molar-refractivity contribution in [1.29, 1.82) is 0 Å². The normalized spacial score (nSPS) is 16.4. The van der Waals surface area contributed by atoms with Gasteiger partial charge in [-0.3, -0.25) is 9.69 Å². The van der Waals surface area contributed by atoms with Gasteiger partial charge in [0.15, 0.2) is 0 Å². The number of carbonyl (C=O) groups excluding carboxylic acids is 2. The average molecular weight is 464 g/mol. The molecule has 0 bridgehead atoms. The average Bonchev–Trinajstić information content (AvgIpc) is 3.21. The summed E-state index contributed by atoms with van der Waals surface area (Å²) in [6, 6.07) is 10.8. The number of phenols is 1. The van der Waals surface area contributed by atoms with Crippen LogP contribution in [-0.4, -0.2) is 42.5 Å². The van der Waals surface area contributed by atoms with Crippen LogP contribution < -0.4 is 5.32 Å². The quantitative estimate of drug-likeness (QED) is 0.536. The van der Waals surface area contributed by atoms with E-state index in [1.54, 1.807) is 13.8 Å². The first-order chi connectivity index (χ1) is 15.7. The molecule has 1 saturated heterocycles. The molecule has 34 heavy (non-hydrogen) atoms. The molecule has 0 spiro atoms. The molecule has 4 rings (SSSR count). The van der Waals surface area contributed by atoms with E-state index >= 15 is 0 Å². The highest BCUT2D eigenvalue weighted by atomic mass is 16.3. The fraction of sp³-hybridized carbons (Fsp3) is 0.462. The van der Waals surface area contributed by atoms with E-state index in [2.05, 4.69) is 50.1 Å². The van der Waals surface area contributed by atoms with Crippen molar-refractivity contribution in [3.05, 3.63) is 47.5 Å². The molecule has 1 aromatic heterocycles. The number of fused-ring (bicyclic) bond motifs is 1. The van der Waals surface area contributed by atoms with Crippen LogP contribution in [0.25, 0.3) is 16.7 Å². The summed E-state index contributed by atoms with van der Waals surface area (Å²) in [6.07, 6.45) is 0.883. The number of phenolic OH excluding ortho intramolecular Hbond substituents is 1. The van der Waals surface area contributed by atoms with Crippen molar-refractivity contribution in [2.45, 2.75) is 72.4 Å². The summed E-state index contributed by atoms with van der Waals surface area (Å²) in [7, 11) is 0. The van der Waals surface area contributed by atoms with Crippen LogP contribution in [0.3, 0.4) is 0 Å². The van der Waals surface area contributed by atoms with E-state index in [0.717, 1.165) is 16.9 Å². The van der Waals surface area contributed by atoms with E-state index in [0.29, 0.717) is 22.3 Å². The zero-order valence-electron chi connectivity index (χ0n) is 20.9. The zero-order chi connectivity index (χ0) is 25.1. The van der Waals surface area contributed by atoms with Gasteiger partial charge in [0.1, 0.15) is 28.0 Å². The molecule has 3 aromatic rings. The Kier molecular flexibility index (Phi) is 5.46. The lowest BCUT2D eigenvalue weighted by Crippen LogP contribution is -2.40. The molecule has 0 aliphatic carbocycles. The van der Waals surface area contributed by atoms with Crippen molar-refractivity contribution >= 4 is 23.0 Å². The van der Waals surface area contributed by atoms with E-state index in [1.165, 1.54) is 4.80 Å². The molecule has 8 nitrogen and oxygen atoms in total. The summed E-state index contributed by atoms with van der Waals surface area (Å²) in [5, 5.41) is 23.1. The van der Waals surface area contributed by atoms with Crippen LogP contribution >= 0.6 is 0 Å². The first kappa shape index (κ1) is 23.7. The highest BCUT2D eigenvalue weighted by Gasteiger charge is 2.44. The Bertz CT molecular complexity index is 1250. The number of amides is 3. The van der Waals surface area contributed by atoms with Gasteiger partial charge in [0.2, 0.25) is 0 Å². The maximum atomic E-state index is 12.8. The lowest BCUT2D eigenvalue weighted by atomic mass is 9.72. The van der Waals surface area contributed by atoms with Gasteiger partial charge in [-0.05, 0) is 60.9 Å². The van der Waals surface area contributed by atoms with Crippen molar-refractivity contribution in [1.82, 2.24) is 25.2 Å². The van der Waals surface area contributed by atoms with Crippen LogP contribution in [0.2, 0.25) is 0 Å². The molecule has 2 aromatic carbocycles. The number of aromatic hydroxyl groups is 1. The first-order valence-corrected chi connectivity index (χ1v) is 11.5. The molecule has 0 radical (unpaired) electrons. The second kappa shape index (κ2) is 7.82. The summed E-state index contributed by atoms with van der Waals surface area (Å²) in [4.78, 5) is 27.9. The van der Waals surface area contributed by atoms with Gasteiger partial charge in [0.05, 0.1) is 6.54 Å². The number of imide groups is 1. The van der Waals surface area contributed by atoms with Gasteiger partial charge in [-0.1, -0.05) is 46.8 Å². The molecule has 0 unspecified atom stereocenters. The predicted octanol–water partition coefficient (Wildman–Crippen LogP) is 4.67. The number of rotatable bonds is 5. The standard InChI is InChI=1S/C26H33N5O3/c1-24(2,3)15-25(4,5)17-12-16(14-30-22(33)26(6,7)27-23(30)34)21(32)20(13-17)31-28-18-10-8-9-11-19(18)29-31/h8-13,32H,14-15H2,1-7H3,(H,27,34). The first-order valence-electron chi connectivity index (χ1n) is 11.5. The summed E-state index contributed by atoms with van der Waals surface area (Å²) in [5.74, 6) is -0.387. The number of carbonyl (C=O) groups is 2. The molecule has 180 valence electrons. The third kappa shape index (κ3) is 4.36. The van der Waals surface area contributed by atoms with Crippen LogP contribution in [0.5, 0.6) is 5.75 Å². The van der Waals surface area contributed by atoms with Gasteiger partial charge in [-0.2, -0.15) is 0 Å². The van der Waals surface area contributed by atoms with Gasteiger partial charge < -0.3 is 10.4 Å². The van der Waals surface area contributed by atoms with Crippen LogP contribution in [0, 0.1) is 5.41 Å². The van der Waals surface area contributed by atoms with Crippen molar-refractivity contribution in [2.24, 2.45) is 5.41 Å². The largest absolute Gasteiger partial charge is 0.505 e. The smallest absolute Gasteiger partial charge is 0.325 e. The SMILES string of the molecule is CC(C)(C)CC(C)(C)c1cc(CN2C(=O)NC(C)(C)C2=O)c(O)c(-n2nc3ccccc3n2)c1. The minimum absolute atomic E-state index is 0.0485. The number of urea groups is 1. The Morgan fingerprint density at radius 3 is 2.09 bits per heavy atom. The summed E-state index contributed by atoms with van der Waals surface area (Å²) >= 11 is 0. The number of benzene rings is 2. The van der Waals surface area contributed by atoms with E-state index in [1.807, 2.05) is 36.4 Å². The lowest BCUT2D eigenvalue weighted by molar-refractivity contribution is -0.130. The molecule has 1 aliphatic heterocycles. The van der Waals surface area contributed by atoms with Crippen molar-refractivity contribution in [2.75, 3.05) is 0 Å². The third-order valence-corrected chi connectivity index (χ3v) is 6.20. The summed E-state index contributed by atoms with van der Waals surface area (Å²) in [5.41, 5.74) is 2.09. The second-order valence-corrected chi connectivity index (χ2v) is 11.5. The van der Waals surface area contributed by atoms with Crippen LogP contribution in [0.4, 0.5) is 4.79 Å². The summed E-state index contributed by atoms with van der Waals surface area (Å²) in [6.45, 7) is 14.2. The van der Waals surface area contributed by atoms with E-state index in [9.17, 15) is 14.7 Å². The Labute approximate surface area is 199 Å². The molecule has 3 amide bonds. The fourth-order valence-electron chi connectivity index (χ4n) is 4.87. The molecule has 0 saturated carbocycles. The molecular formula is C26H33N5O3. The Hall–Kier alpha value is -3.42. The monoisotopic (exact) mass is 463 g/mol. The molecule has 8 heteroatoms. The van der Waals surface area contributed by atoms with Crippen molar-refractivity contribution in [3.63, 3.8) is 0 Å². The van der Waals surface area contributed by atoms with Crippen LogP contribution in [0.15, 0.2) is 36.4 Å². The van der Waals surface area contributed by atoms with Gasteiger partial charge in [0.25, 0.3) is 5.91 Å². The molecule has 1 aliphatic rings. The number of nitrogens with zero attached hydrogens (tertiary/aromatic N) is 4. The lowest BCUT2D eigenvalue weighted by Gasteiger charge is -2.34.